The summed E-state index contributed by atoms with van der Waals surface area (Å²) in [6.45, 7) is 3.56. The molecule has 13 nitrogen and oxygen atoms in total. The van der Waals surface area contributed by atoms with E-state index < -0.39 is 14.6 Å². The number of nitrogens with one attached hydrogen (secondary N) is 2. The van der Waals surface area contributed by atoms with Crippen LogP contribution in [-0.2, 0) is 15.8 Å². The van der Waals surface area contributed by atoms with Gasteiger partial charge >= 0.3 is 7.82 Å². The van der Waals surface area contributed by atoms with E-state index in [1.54, 1.807) is 35.4 Å². The number of benzene rings is 1. The Hall–Kier alpha value is -4.94. The first-order valence-corrected chi connectivity index (χ1v) is 15.5. The van der Waals surface area contributed by atoms with Crippen LogP contribution < -0.4 is 15.5 Å². The molecule has 7 rings (SSSR count). The first-order valence-electron chi connectivity index (χ1n) is 13.9. The number of rotatable bonds is 9. The Kier molecular flexibility index (Phi) is 7.15. The third-order valence-corrected chi connectivity index (χ3v) is 7.83. The number of fused-ring (bicyclic) bond motifs is 2. The van der Waals surface area contributed by atoms with Crippen molar-refractivity contribution in [2.45, 2.75) is 20.1 Å². The molecule has 1 aliphatic heterocycles. The average molecular weight is 610 g/mol. The Morgan fingerprint density at radius 1 is 0.909 bits per heavy atom. The predicted molar refractivity (Wildman–Crippen MR) is 168 cm³/mol. The van der Waals surface area contributed by atoms with Gasteiger partial charge in [-0.05, 0) is 67.9 Å². The largest absolute Gasteiger partial charge is 0.471 e. The number of hydrogen-bond donors (Lipinski definition) is 4. The molecule has 0 radical (unpaired) electrons. The fraction of sp³-hybridized carbons (Fsp3) is 0.167. The summed E-state index contributed by atoms with van der Waals surface area (Å²) < 4.78 is 18.1. The molecule has 44 heavy (non-hydrogen) atoms. The number of phosphoric acid groups is 1. The van der Waals surface area contributed by atoms with Gasteiger partial charge in [-0.25, -0.2) is 19.5 Å². The van der Waals surface area contributed by atoms with Crippen LogP contribution in [0.1, 0.15) is 12.1 Å². The molecular formula is C30H28N9O4P. The van der Waals surface area contributed by atoms with Crippen molar-refractivity contribution in [1.82, 2.24) is 29.5 Å². The van der Waals surface area contributed by atoms with E-state index in [1.807, 2.05) is 43.3 Å². The van der Waals surface area contributed by atoms with Crippen molar-refractivity contribution >= 4 is 58.5 Å². The smallest absolute Gasteiger partial charge is 0.371 e. The minimum Gasteiger partial charge on any atom is -0.371 e. The summed E-state index contributed by atoms with van der Waals surface area (Å²) in [5.41, 5.74) is 6.79. The molecule has 1 aliphatic rings. The SMILES string of the molecule is Cc1cc(Nc2cnc3nc(-c4ccc(Nc5ccnc6ccc(N7CCC7)cc56)nc4)n(COP(=O)(O)O)c3c2)ccn1. The second kappa shape index (κ2) is 11.3. The van der Waals surface area contributed by atoms with Gasteiger partial charge in [0.05, 0.1) is 28.6 Å². The van der Waals surface area contributed by atoms with Gasteiger partial charge in [-0.15, -0.1) is 0 Å². The number of aromatic nitrogens is 6. The third-order valence-electron chi connectivity index (χ3n) is 7.38. The molecule has 6 heterocycles. The van der Waals surface area contributed by atoms with Gasteiger partial charge in [0.25, 0.3) is 0 Å². The van der Waals surface area contributed by atoms with E-state index in [4.69, 9.17) is 4.52 Å². The molecule has 0 bridgehead atoms. The zero-order valence-electron chi connectivity index (χ0n) is 23.6. The maximum atomic E-state index is 11.6. The molecule has 14 heteroatoms. The van der Waals surface area contributed by atoms with Crippen molar-refractivity contribution in [3.05, 3.63) is 85.1 Å². The molecule has 6 aromatic rings. The second-order valence-corrected chi connectivity index (χ2v) is 11.7. The molecule has 0 aliphatic carbocycles. The lowest BCUT2D eigenvalue weighted by Gasteiger charge is -2.33. The zero-order valence-corrected chi connectivity index (χ0v) is 24.5. The van der Waals surface area contributed by atoms with E-state index in [2.05, 4.69) is 52.6 Å². The lowest BCUT2D eigenvalue weighted by atomic mass is 10.1. The maximum absolute atomic E-state index is 11.6. The predicted octanol–water partition coefficient (Wildman–Crippen LogP) is 5.51. The summed E-state index contributed by atoms with van der Waals surface area (Å²) >= 11 is 0. The number of aryl methyl sites for hydroxylation is 1. The number of nitrogens with zero attached hydrogens (tertiary/aromatic N) is 7. The quantitative estimate of drug-likeness (QED) is 0.152. The van der Waals surface area contributed by atoms with E-state index in [-0.39, 0.29) is 0 Å². The average Bonchev–Trinajstić information content (AvgIpc) is 3.33. The van der Waals surface area contributed by atoms with Gasteiger partial charge in [-0.1, -0.05) is 0 Å². The third kappa shape index (κ3) is 5.81. The normalized spacial score (nSPS) is 13.3. The van der Waals surface area contributed by atoms with Crippen molar-refractivity contribution in [2.75, 3.05) is 28.6 Å². The lowest BCUT2D eigenvalue weighted by molar-refractivity contribution is 0.157. The monoisotopic (exact) mass is 609 g/mol. The maximum Gasteiger partial charge on any atom is 0.471 e. The Labute approximate surface area is 251 Å². The molecule has 0 spiro atoms. The van der Waals surface area contributed by atoms with E-state index in [9.17, 15) is 14.4 Å². The van der Waals surface area contributed by atoms with Gasteiger partial charge < -0.3 is 25.3 Å². The number of hydrogen-bond acceptors (Lipinski definition) is 10. The van der Waals surface area contributed by atoms with Crippen molar-refractivity contribution in [3.63, 3.8) is 0 Å². The molecule has 1 fully saturated rings. The lowest BCUT2D eigenvalue weighted by Crippen LogP contribution is -2.36. The molecule has 4 N–H and O–H groups in total. The van der Waals surface area contributed by atoms with Crippen molar-refractivity contribution in [3.8, 4) is 11.4 Å². The van der Waals surface area contributed by atoms with Gasteiger partial charge in [-0.3, -0.25) is 19.1 Å². The van der Waals surface area contributed by atoms with Crippen molar-refractivity contribution in [2.24, 2.45) is 0 Å². The molecule has 0 saturated carbocycles. The summed E-state index contributed by atoms with van der Waals surface area (Å²) in [5, 5.41) is 7.67. The first kappa shape index (κ1) is 27.9. The number of phosphoric ester groups is 1. The Balaban J connectivity index is 1.20. The molecule has 222 valence electrons. The van der Waals surface area contributed by atoms with E-state index in [0.717, 1.165) is 41.1 Å². The fourth-order valence-electron chi connectivity index (χ4n) is 5.10. The Morgan fingerprint density at radius 3 is 2.52 bits per heavy atom. The molecule has 1 saturated heterocycles. The fourth-order valence-corrected chi connectivity index (χ4v) is 5.37. The summed E-state index contributed by atoms with van der Waals surface area (Å²) in [5.74, 6) is 1.01. The van der Waals surface area contributed by atoms with E-state index in [0.29, 0.717) is 34.1 Å². The van der Waals surface area contributed by atoms with Crippen LogP contribution in [0.3, 0.4) is 0 Å². The second-order valence-electron chi connectivity index (χ2n) is 10.4. The summed E-state index contributed by atoms with van der Waals surface area (Å²) in [7, 11) is -4.77. The standard InChI is InChI=1S/C30H28N9O4P/c1-19-13-21(7-9-31-19)35-22-14-27-29(34-17-22)37-30(39(27)18-43-44(40,41)42)20-3-6-28(33-16-20)36-26-8-10-32-25-5-4-23(15-24(25)26)38-11-2-12-38/h3-10,13-17H,2,11-12,18H2,1H3,(H,31,35)(H,32,33,36)(H2,40,41,42). The van der Waals surface area contributed by atoms with Crippen LogP contribution >= 0.6 is 7.82 Å². The van der Waals surface area contributed by atoms with Crippen LogP contribution in [0.15, 0.2) is 79.4 Å². The molecule has 5 aromatic heterocycles. The van der Waals surface area contributed by atoms with Crippen LogP contribution in [0.25, 0.3) is 33.5 Å². The van der Waals surface area contributed by atoms with E-state index in [1.165, 1.54) is 12.1 Å². The number of pyridine rings is 4. The summed E-state index contributed by atoms with van der Waals surface area (Å²) in [4.78, 5) is 43.7. The summed E-state index contributed by atoms with van der Waals surface area (Å²) in [6.07, 6.45) is 7.95. The highest BCUT2D eigenvalue weighted by Crippen LogP contribution is 2.38. The van der Waals surface area contributed by atoms with Crippen LogP contribution in [0, 0.1) is 6.92 Å². The molecule has 1 aromatic carbocycles. The molecular weight excluding hydrogens is 581 g/mol. The van der Waals surface area contributed by atoms with Crippen molar-refractivity contribution < 1.29 is 18.9 Å². The highest BCUT2D eigenvalue weighted by molar-refractivity contribution is 7.46. The van der Waals surface area contributed by atoms with Gasteiger partial charge in [0.15, 0.2) is 5.65 Å². The molecule has 0 unspecified atom stereocenters. The van der Waals surface area contributed by atoms with Crippen molar-refractivity contribution in [1.29, 1.82) is 0 Å². The minimum absolute atomic E-state index is 0.384. The molecule has 0 atom stereocenters. The highest BCUT2D eigenvalue weighted by Gasteiger charge is 2.20. The topological polar surface area (TPSA) is 163 Å². The first-order chi connectivity index (χ1) is 21.3. The highest BCUT2D eigenvalue weighted by atomic mass is 31.2. The van der Waals surface area contributed by atoms with Gasteiger partial charge in [0.1, 0.15) is 18.4 Å². The summed E-state index contributed by atoms with van der Waals surface area (Å²) in [6, 6.07) is 17.4. The van der Waals surface area contributed by atoms with Gasteiger partial charge in [0, 0.05) is 59.7 Å². The van der Waals surface area contributed by atoms with E-state index >= 15 is 0 Å². The Morgan fingerprint density at radius 2 is 1.77 bits per heavy atom. The van der Waals surface area contributed by atoms with Crippen LogP contribution in [0.2, 0.25) is 0 Å². The number of imidazole rings is 1. The van der Waals surface area contributed by atoms with Crippen LogP contribution in [0.5, 0.6) is 0 Å². The van der Waals surface area contributed by atoms with Gasteiger partial charge in [-0.2, -0.15) is 0 Å². The molecule has 0 amide bonds. The Bertz CT molecular complexity index is 2040. The number of anilines is 5. The van der Waals surface area contributed by atoms with Crippen LogP contribution in [-0.4, -0.2) is 52.4 Å². The van der Waals surface area contributed by atoms with Crippen LogP contribution in [0.4, 0.5) is 28.6 Å². The minimum atomic E-state index is -4.77. The van der Waals surface area contributed by atoms with Gasteiger partial charge in [0.2, 0.25) is 0 Å². The zero-order chi connectivity index (χ0) is 30.3.